The smallest absolute Gasteiger partial charge is 0.316 e. The lowest BCUT2D eigenvalue weighted by Gasteiger charge is -2.11. The lowest BCUT2D eigenvalue weighted by Crippen LogP contribution is -2.12. The van der Waals surface area contributed by atoms with Crippen LogP contribution in [0.4, 0.5) is 0 Å². The largest absolute Gasteiger partial charge is 0.465 e. The van der Waals surface area contributed by atoms with Crippen molar-refractivity contribution >= 4 is 27.6 Å². The van der Waals surface area contributed by atoms with Crippen LogP contribution in [0.1, 0.15) is 24.7 Å². The number of carbonyl (C=O) groups excluding carboxylic acids is 1. The number of esters is 1. The molecule has 158 valence electrons. The highest BCUT2D eigenvalue weighted by Gasteiger charge is 2.23. The zero-order valence-corrected chi connectivity index (χ0v) is 18.4. The molecule has 0 N–H and O–H groups in total. The average molecular weight is 446 g/mol. The van der Waals surface area contributed by atoms with Crippen LogP contribution in [-0.4, -0.2) is 41.5 Å². The summed E-state index contributed by atoms with van der Waals surface area (Å²) in [6, 6.07) is 15.9. The van der Waals surface area contributed by atoms with Gasteiger partial charge in [-0.2, -0.15) is 0 Å². The number of aryl methyl sites for hydroxylation is 1. The second kappa shape index (κ2) is 9.90. The van der Waals surface area contributed by atoms with E-state index in [1.54, 1.807) is 28.8 Å². The average Bonchev–Trinajstić information content (AvgIpc) is 3.13. The molecule has 0 bridgehead atoms. The molecule has 0 amide bonds. The van der Waals surface area contributed by atoms with Gasteiger partial charge in [-0.05, 0) is 37.6 Å². The number of hydrogen-bond donors (Lipinski definition) is 0. The van der Waals surface area contributed by atoms with Crippen LogP contribution >= 0.6 is 11.8 Å². The summed E-state index contributed by atoms with van der Waals surface area (Å²) >= 11 is 1.17. The Hall–Kier alpha value is -2.65. The standard InChI is InChI=1S/C21H23N3O4S2/c1-3-13-28-20(25)14-29-21-23-22-19(24(21)17-7-5-4-6-8-17)15-30(26,27)18-11-9-16(2)10-12-18/h4-12H,3,13-15H2,1-2H3. The number of sulfone groups is 1. The third kappa shape index (κ3) is 5.48. The van der Waals surface area contributed by atoms with Gasteiger partial charge in [-0.3, -0.25) is 9.36 Å². The molecular weight excluding hydrogens is 422 g/mol. The fourth-order valence-corrected chi connectivity index (χ4v) is 4.72. The summed E-state index contributed by atoms with van der Waals surface area (Å²) in [5.74, 6) is -0.307. The van der Waals surface area contributed by atoms with E-state index in [-0.39, 0.29) is 28.2 Å². The Kier molecular flexibility index (Phi) is 7.28. The van der Waals surface area contributed by atoms with Crippen LogP contribution in [0.5, 0.6) is 0 Å². The van der Waals surface area contributed by atoms with Crippen molar-refractivity contribution < 1.29 is 17.9 Å². The third-order valence-electron chi connectivity index (χ3n) is 4.20. The van der Waals surface area contributed by atoms with Gasteiger partial charge in [0.15, 0.2) is 20.8 Å². The zero-order chi connectivity index (χ0) is 21.6. The number of benzene rings is 2. The van der Waals surface area contributed by atoms with E-state index >= 15 is 0 Å². The molecule has 2 aromatic carbocycles. The first-order valence-electron chi connectivity index (χ1n) is 9.48. The molecule has 0 spiro atoms. The van der Waals surface area contributed by atoms with Crippen LogP contribution in [0.15, 0.2) is 64.6 Å². The highest BCUT2D eigenvalue weighted by Crippen LogP contribution is 2.25. The normalized spacial score (nSPS) is 11.4. The van der Waals surface area contributed by atoms with Gasteiger partial charge in [-0.1, -0.05) is 54.6 Å². The summed E-state index contributed by atoms with van der Waals surface area (Å²) in [6.07, 6.45) is 0.748. The van der Waals surface area contributed by atoms with E-state index in [9.17, 15) is 13.2 Å². The van der Waals surface area contributed by atoms with Gasteiger partial charge in [-0.25, -0.2) is 8.42 Å². The van der Waals surface area contributed by atoms with Crippen LogP contribution in [0.2, 0.25) is 0 Å². The van der Waals surface area contributed by atoms with Gasteiger partial charge in [0.1, 0.15) is 5.75 Å². The van der Waals surface area contributed by atoms with Crippen LogP contribution < -0.4 is 0 Å². The van der Waals surface area contributed by atoms with Gasteiger partial charge in [0, 0.05) is 5.69 Å². The lowest BCUT2D eigenvalue weighted by atomic mass is 10.2. The molecular formula is C21H23N3O4S2. The number of para-hydroxylation sites is 1. The first-order chi connectivity index (χ1) is 14.4. The van der Waals surface area contributed by atoms with Gasteiger partial charge in [0.25, 0.3) is 0 Å². The van der Waals surface area contributed by atoms with Crippen molar-refractivity contribution in [2.24, 2.45) is 0 Å². The van der Waals surface area contributed by atoms with Crippen LogP contribution in [-0.2, 0) is 25.1 Å². The van der Waals surface area contributed by atoms with Crippen molar-refractivity contribution in [2.75, 3.05) is 12.4 Å². The first kappa shape index (κ1) is 22.0. The van der Waals surface area contributed by atoms with Gasteiger partial charge >= 0.3 is 5.97 Å². The molecule has 3 aromatic rings. The number of aromatic nitrogens is 3. The van der Waals surface area contributed by atoms with E-state index in [0.717, 1.165) is 17.7 Å². The minimum Gasteiger partial charge on any atom is -0.465 e. The van der Waals surface area contributed by atoms with E-state index in [2.05, 4.69) is 10.2 Å². The number of rotatable bonds is 9. The summed E-state index contributed by atoms with van der Waals surface area (Å²) in [7, 11) is -3.61. The van der Waals surface area contributed by atoms with Gasteiger partial charge in [0.05, 0.1) is 17.3 Å². The Bertz CT molecular complexity index is 1100. The van der Waals surface area contributed by atoms with Crippen molar-refractivity contribution in [1.82, 2.24) is 14.8 Å². The maximum Gasteiger partial charge on any atom is 0.316 e. The summed E-state index contributed by atoms with van der Waals surface area (Å²) in [6.45, 7) is 4.19. The van der Waals surface area contributed by atoms with Gasteiger partial charge in [0.2, 0.25) is 0 Å². The quantitative estimate of drug-likeness (QED) is 0.367. The molecule has 0 atom stereocenters. The van der Waals surface area contributed by atoms with Crippen LogP contribution in [0.3, 0.4) is 0 Å². The van der Waals surface area contributed by atoms with Crippen molar-refractivity contribution in [2.45, 2.75) is 36.1 Å². The predicted octanol–water partition coefficient (Wildman–Crippen LogP) is 3.59. The SMILES string of the molecule is CCCOC(=O)CSc1nnc(CS(=O)(=O)c2ccc(C)cc2)n1-c1ccccc1. The van der Waals surface area contributed by atoms with E-state index in [0.29, 0.717) is 11.8 Å². The Morgan fingerprint density at radius 3 is 2.43 bits per heavy atom. The van der Waals surface area contributed by atoms with E-state index < -0.39 is 9.84 Å². The fraction of sp³-hybridized carbons (Fsp3) is 0.286. The number of nitrogens with zero attached hydrogens (tertiary/aromatic N) is 3. The van der Waals surface area contributed by atoms with E-state index in [1.807, 2.05) is 44.2 Å². The number of hydrogen-bond acceptors (Lipinski definition) is 7. The Labute approximate surface area is 180 Å². The number of ether oxygens (including phenoxy) is 1. The first-order valence-corrected chi connectivity index (χ1v) is 12.1. The molecule has 0 radical (unpaired) electrons. The third-order valence-corrected chi connectivity index (χ3v) is 6.73. The fourth-order valence-electron chi connectivity index (χ4n) is 2.70. The predicted molar refractivity (Wildman–Crippen MR) is 115 cm³/mol. The molecule has 0 aliphatic rings. The molecule has 7 nitrogen and oxygen atoms in total. The molecule has 0 unspecified atom stereocenters. The molecule has 30 heavy (non-hydrogen) atoms. The minimum absolute atomic E-state index is 0.0652. The maximum atomic E-state index is 12.9. The van der Waals surface area contributed by atoms with Crippen LogP contribution in [0, 0.1) is 6.92 Å². The second-order valence-corrected chi connectivity index (χ2v) is 9.58. The van der Waals surface area contributed by atoms with Crippen molar-refractivity contribution in [3.05, 3.63) is 66.0 Å². The summed E-state index contributed by atoms with van der Waals surface area (Å²) in [5.41, 5.74) is 1.70. The van der Waals surface area contributed by atoms with Crippen molar-refractivity contribution in [3.8, 4) is 5.69 Å². The lowest BCUT2D eigenvalue weighted by molar-refractivity contribution is -0.140. The molecule has 0 saturated carbocycles. The van der Waals surface area contributed by atoms with Gasteiger partial charge in [-0.15, -0.1) is 10.2 Å². The summed E-state index contributed by atoms with van der Waals surface area (Å²) < 4.78 is 32.6. The van der Waals surface area contributed by atoms with Crippen molar-refractivity contribution in [3.63, 3.8) is 0 Å². The Morgan fingerprint density at radius 1 is 1.07 bits per heavy atom. The molecule has 3 rings (SSSR count). The van der Waals surface area contributed by atoms with Crippen LogP contribution in [0.25, 0.3) is 5.69 Å². The second-order valence-electron chi connectivity index (χ2n) is 6.65. The minimum atomic E-state index is -3.61. The molecule has 0 fully saturated rings. The molecule has 1 aromatic heterocycles. The van der Waals surface area contributed by atoms with E-state index in [4.69, 9.17) is 4.74 Å². The molecule has 0 aliphatic carbocycles. The highest BCUT2D eigenvalue weighted by atomic mass is 32.2. The monoisotopic (exact) mass is 445 g/mol. The van der Waals surface area contributed by atoms with Gasteiger partial charge < -0.3 is 4.74 Å². The molecule has 0 saturated heterocycles. The molecule has 0 aliphatic heterocycles. The number of thioether (sulfide) groups is 1. The summed E-state index contributed by atoms with van der Waals surface area (Å²) in [5, 5.41) is 8.70. The van der Waals surface area contributed by atoms with E-state index in [1.165, 1.54) is 11.8 Å². The molecule has 9 heteroatoms. The van der Waals surface area contributed by atoms with Crippen molar-refractivity contribution in [1.29, 1.82) is 0 Å². The Morgan fingerprint density at radius 2 is 1.77 bits per heavy atom. The zero-order valence-electron chi connectivity index (χ0n) is 16.8. The maximum absolute atomic E-state index is 12.9. The summed E-state index contributed by atoms with van der Waals surface area (Å²) in [4.78, 5) is 12.1. The highest BCUT2D eigenvalue weighted by molar-refractivity contribution is 7.99. The topological polar surface area (TPSA) is 91.2 Å². The number of carbonyl (C=O) groups is 1. The Balaban J connectivity index is 1.90. The molecule has 1 heterocycles.